The van der Waals surface area contributed by atoms with Gasteiger partial charge in [0.15, 0.2) is 0 Å². The predicted octanol–water partition coefficient (Wildman–Crippen LogP) is 3.10. The minimum Gasteiger partial charge on any atom is -0.480 e. The van der Waals surface area contributed by atoms with Crippen LogP contribution in [0.1, 0.15) is 16.6 Å². The minimum atomic E-state index is -1.03. The highest BCUT2D eigenvalue weighted by Crippen LogP contribution is 2.35. The van der Waals surface area contributed by atoms with Crippen LogP contribution in [0.3, 0.4) is 0 Å². The molecule has 0 aliphatic carbocycles. The largest absolute Gasteiger partial charge is 0.480 e. The van der Waals surface area contributed by atoms with Gasteiger partial charge in [-0.3, -0.25) is 9.59 Å². The number of carbonyl (C=O) groups excluding carboxylic acids is 1. The molecule has 1 aromatic heterocycles. The van der Waals surface area contributed by atoms with E-state index in [0.717, 1.165) is 10.1 Å². The van der Waals surface area contributed by atoms with Crippen molar-refractivity contribution >= 4 is 44.9 Å². The van der Waals surface area contributed by atoms with E-state index in [1.54, 1.807) is 6.92 Å². The van der Waals surface area contributed by atoms with Crippen molar-refractivity contribution in [2.45, 2.75) is 6.92 Å². The number of likely N-dealkylation sites (N-methyl/N-ethyl adjacent to an activating group) is 1. The molecule has 1 aromatic carbocycles. The first-order valence-electron chi connectivity index (χ1n) is 5.72. The van der Waals surface area contributed by atoms with Gasteiger partial charge in [-0.05, 0) is 13.0 Å². The highest BCUT2D eigenvalue weighted by atomic mass is 35.5. The van der Waals surface area contributed by atoms with Crippen LogP contribution in [0.4, 0.5) is 0 Å². The van der Waals surface area contributed by atoms with E-state index < -0.39 is 5.97 Å². The molecule has 0 saturated heterocycles. The van der Waals surface area contributed by atoms with Crippen LogP contribution in [-0.4, -0.2) is 35.0 Å². The molecule has 4 nitrogen and oxygen atoms in total. The van der Waals surface area contributed by atoms with E-state index in [4.69, 9.17) is 16.7 Å². The number of carboxylic acid groups (broad SMARTS) is 1. The van der Waals surface area contributed by atoms with Crippen molar-refractivity contribution in [2.24, 2.45) is 0 Å². The van der Waals surface area contributed by atoms with Gasteiger partial charge in [-0.1, -0.05) is 29.8 Å². The molecule has 0 atom stereocenters. The van der Waals surface area contributed by atoms with Gasteiger partial charge in [0, 0.05) is 16.6 Å². The van der Waals surface area contributed by atoms with Crippen molar-refractivity contribution in [3.63, 3.8) is 0 Å². The molecule has 0 aliphatic rings. The summed E-state index contributed by atoms with van der Waals surface area (Å²) in [6.07, 6.45) is 0. The molecule has 0 radical (unpaired) electrons. The maximum atomic E-state index is 12.3. The third kappa shape index (κ3) is 2.72. The maximum absolute atomic E-state index is 12.3. The molecule has 2 aromatic rings. The number of thiophene rings is 1. The first kappa shape index (κ1) is 13.8. The number of hydrogen-bond acceptors (Lipinski definition) is 3. The molecule has 1 heterocycles. The van der Waals surface area contributed by atoms with Crippen LogP contribution in [0.15, 0.2) is 24.3 Å². The Balaban J connectivity index is 2.40. The number of fused-ring (bicyclic) bond motifs is 1. The summed E-state index contributed by atoms with van der Waals surface area (Å²) in [5.74, 6) is -1.37. The van der Waals surface area contributed by atoms with E-state index in [0.29, 0.717) is 16.4 Å². The van der Waals surface area contributed by atoms with Crippen molar-refractivity contribution in [2.75, 3.05) is 13.1 Å². The van der Waals surface area contributed by atoms with Gasteiger partial charge in [-0.15, -0.1) is 11.3 Å². The fraction of sp³-hybridized carbons (Fsp3) is 0.231. The Kier molecular flexibility index (Phi) is 4.07. The van der Waals surface area contributed by atoms with Gasteiger partial charge in [0.1, 0.15) is 11.4 Å². The van der Waals surface area contributed by atoms with E-state index in [1.807, 2.05) is 24.3 Å². The number of carboxylic acids is 1. The number of amides is 1. The summed E-state index contributed by atoms with van der Waals surface area (Å²) in [6.45, 7) is 1.75. The number of hydrogen-bond donors (Lipinski definition) is 1. The fourth-order valence-corrected chi connectivity index (χ4v) is 3.27. The molecule has 0 saturated carbocycles. The van der Waals surface area contributed by atoms with E-state index >= 15 is 0 Å². The molecule has 0 fully saturated rings. The predicted molar refractivity (Wildman–Crippen MR) is 76.0 cm³/mol. The highest BCUT2D eigenvalue weighted by Gasteiger charge is 2.22. The fourth-order valence-electron chi connectivity index (χ4n) is 1.79. The highest BCUT2D eigenvalue weighted by molar-refractivity contribution is 7.21. The molecule has 100 valence electrons. The molecular weight excluding hydrogens is 286 g/mol. The number of benzene rings is 1. The Labute approximate surface area is 119 Å². The van der Waals surface area contributed by atoms with Gasteiger partial charge in [0.05, 0.1) is 5.02 Å². The average molecular weight is 298 g/mol. The Morgan fingerprint density at radius 3 is 2.63 bits per heavy atom. The molecule has 1 amide bonds. The number of nitrogens with zero attached hydrogens (tertiary/aromatic N) is 1. The summed E-state index contributed by atoms with van der Waals surface area (Å²) in [5, 5.41) is 10.0. The zero-order valence-corrected chi connectivity index (χ0v) is 11.8. The van der Waals surface area contributed by atoms with E-state index in [1.165, 1.54) is 16.2 Å². The molecule has 0 bridgehead atoms. The van der Waals surface area contributed by atoms with Gasteiger partial charge in [-0.25, -0.2) is 0 Å². The second kappa shape index (κ2) is 5.59. The zero-order valence-electron chi connectivity index (χ0n) is 10.2. The Hall–Kier alpha value is -1.59. The van der Waals surface area contributed by atoms with E-state index in [9.17, 15) is 9.59 Å². The Morgan fingerprint density at radius 1 is 1.37 bits per heavy atom. The number of halogens is 1. The van der Waals surface area contributed by atoms with Crippen molar-refractivity contribution in [1.82, 2.24) is 4.90 Å². The van der Waals surface area contributed by atoms with E-state index in [2.05, 4.69) is 0 Å². The maximum Gasteiger partial charge on any atom is 0.323 e. The van der Waals surface area contributed by atoms with Gasteiger partial charge >= 0.3 is 5.97 Å². The molecule has 6 heteroatoms. The molecule has 0 unspecified atom stereocenters. The third-order valence-electron chi connectivity index (χ3n) is 2.72. The first-order chi connectivity index (χ1) is 9.04. The summed E-state index contributed by atoms with van der Waals surface area (Å²) < 4.78 is 0.919. The van der Waals surface area contributed by atoms with Crippen LogP contribution >= 0.6 is 22.9 Å². The molecule has 1 N–H and O–H groups in total. The molecule has 0 aliphatic heterocycles. The van der Waals surface area contributed by atoms with Gasteiger partial charge in [-0.2, -0.15) is 0 Å². The van der Waals surface area contributed by atoms with Crippen molar-refractivity contribution < 1.29 is 14.7 Å². The van der Waals surface area contributed by atoms with Crippen molar-refractivity contribution in [3.8, 4) is 0 Å². The third-order valence-corrected chi connectivity index (χ3v) is 4.39. The van der Waals surface area contributed by atoms with Gasteiger partial charge in [0.2, 0.25) is 0 Å². The second-order valence-corrected chi connectivity index (χ2v) is 5.38. The standard InChI is InChI=1S/C13H12ClNO3S/c1-2-15(7-10(16)17)13(18)12-11(14)8-5-3-4-6-9(8)19-12/h3-6H,2,7H2,1H3,(H,16,17). The number of carbonyl (C=O) groups is 2. The van der Waals surface area contributed by atoms with Crippen molar-refractivity contribution in [1.29, 1.82) is 0 Å². The molecular formula is C13H12ClNO3S. The summed E-state index contributed by atoms with van der Waals surface area (Å²) in [5.41, 5.74) is 0. The van der Waals surface area contributed by atoms with Crippen LogP contribution in [-0.2, 0) is 4.79 Å². The minimum absolute atomic E-state index is 0.320. The number of rotatable bonds is 4. The normalized spacial score (nSPS) is 10.6. The van der Waals surface area contributed by atoms with Crippen molar-refractivity contribution in [3.05, 3.63) is 34.2 Å². The average Bonchev–Trinajstić information content (AvgIpc) is 2.73. The lowest BCUT2D eigenvalue weighted by atomic mass is 10.2. The first-order valence-corrected chi connectivity index (χ1v) is 6.92. The van der Waals surface area contributed by atoms with Gasteiger partial charge in [0.25, 0.3) is 5.91 Å². The smallest absolute Gasteiger partial charge is 0.323 e. The van der Waals surface area contributed by atoms with Crippen LogP contribution < -0.4 is 0 Å². The monoisotopic (exact) mass is 297 g/mol. The number of aliphatic carboxylic acids is 1. The summed E-state index contributed by atoms with van der Waals surface area (Å²) in [7, 11) is 0. The summed E-state index contributed by atoms with van der Waals surface area (Å²) >= 11 is 7.49. The SMILES string of the molecule is CCN(CC(=O)O)C(=O)c1sc2ccccc2c1Cl. The van der Waals surface area contributed by atoms with Crippen LogP contribution in [0.2, 0.25) is 5.02 Å². The van der Waals surface area contributed by atoms with Crippen LogP contribution in [0.25, 0.3) is 10.1 Å². The quantitative estimate of drug-likeness (QED) is 0.943. The summed E-state index contributed by atoms with van der Waals surface area (Å²) in [4.78, 5) is 24.7. The van der Waals surface area contributed by atoms with Crippen LogP contribution in [0, 0.1) is 0 Å². The Morgan fingerprint density at radius 2 is 2.05 bits per heavy atom. The zero-order chi connectivity index (χ0) is 14.0. The van der Waals surface area contributed by atoms with E-state index in [-0.39, 0.29) is 12.5 Å². The lowest BCUT2D eigenvalue weighted by Gasteiger charge is -2.17. The lowest BCUT2D eigenvalue weighted by Crippen LogP contribution is -2.35. The van der Waals surface area contributed by atoms with Crippen LogP contribution in [0.5, 0.6) is 0 Å². The Bertz CT molecular complexity index is 638. The second-order valence-electron chi connectivity index (χ2n) is 3.95. The topological polar surface area (TPSA) is 57.6 Å². The molecule has 0 spiro atoms. The summed E-state index contributed by atoms with van der Waals surface area (Å²) in [6, 6.07) is 7.46. The molecule has 2 rings (SSSR count). The lowest BCUT2D eigenvalue weighted by molar-refractivity contribution is -0.137. The molecule has 19 heavy (non-hydrogen) atoms. The van der Waals surface area contributed by atoms with Gasteiger partial charge < -0.3 is 10.0 Å².